The van der Waals surface area contributed by atoms with Gasteiger partial charge >= 0.3 is 0 Å². The molecule has 1 unspecified atom stereocenters. The van der Waals surface area contributed by atoms with Crippen molar-refractivity contribution >= 4 is 28.0 Å². The number of aliphatic hydroxyl groups is 1. The fraction of sp³-hybridized carbons (Fsp3) is 0.125. The maximum Gasteiger partial charge on any atom is 0.140 e. The highest BCUT2D eigenvalue weighted by Crippen LogP contribution is 2.42. The van der Waals surface area contributed by atoms with Crippen LogP contribution in [0.1, 0.15) is 28.4 Å². The molecule has 5 aromatic rings. The fourth-order valence-corrected chi connectivity index (χ4v) is 4.92. The summed E-state index contributed by atoms with van der Waals surface area (Å²) in [6.07, 6.45) is 1.71. The lowest BCUT2D eigenvalue weighted by Gasteiger charge is -2.38. The number of hydrogen-bond acceptors (Lipinski definition) is 5. The van der Waals surface area contributed by atoms with Crippen molar-refractivity contribution in [1.82, 2.24) is 10.3 Å². The number of hydrogen-bond donors (Lipinski definition) is 2. The number of methoxy groups -OCH3 is 2. The van der Waals surface area contributed by atoms with E-state index in [4.69, 9.17) is 21.7 Å². The van der Waals surface area contributed by atoms with E-state index >= 15 is 0 Å². The summed E-state index contributed by atoms with van der Waals surface area (Å²) in [5, 5.41) is 18.4. The van der Waals surface area contributed by atoms with Gasteiger partial charge in [-0.25, -0.2) is 0 Å². The molecule has 190 valence electrons. The first-order valence-corrected chi connectivity index (χ1v) is 12.7. The van der Waals surface area contributed by atoms with Crippen LogP contribution in [-0.2, 0) is 5.60 Å². The van der Waals surface area contributed by atoms with Gasteiger partial charge in [0.15, 0.2) is 0 Å². The summed E-state index contributed by atoms with van der Waals surface area (Å²) in [4.78, 5) is 5.14. The maximum absolute atomic E-state index is 12.7. The molecule has 0 radical (unpaired) electrons. The molecule has 0 spiro atoms. The van der Waals surface area contributed by atoms with Gasteiger partial charge in [-0.1, -0.05) is 78.9 Å². The summed E-state index contributed by atoms with van der Waals surface area (Å²) >= 11 is 5.92. The van der Waals surface area contributed by atoms with E-state index in [0.717, 1.165) is 16.3 Å². The molecule has 4 aromatic carbocycles. The molecule has 6 heteroatoms. The van der Waals surface area contributed by atoms with E-state index in [1.54, 1.807) is 20.4 Å². The molecule has 2 N–H and O–H groups in total. The SMILES string of the molecule is COc1ccc(C(O)(c2ccc(OC)cc2)C(NC(=S)c2ccc3ccccc3c2)c2ccccn2)cc1. The first-order chi connectivity index (χ1) is 18.5. The Morgan fingerprint density at radius 1 is 0.763 bits per heavy atom. The standard InChI is InChI=1S/C32H28N2O3S/c1-36-27-16-12-25(13-17-27)32(35,26-14-18-28(37-2)19-15-26)30(29-9-5-6-20-33-29)34-31(38)24-11-10-22-7-3-4-8-23(22)21-24/h3-21,30,35H,1-2H3,(H,34,38). The zero-order valence-corrected chi connectivity index (χ0v) is 22.0. The molecule has 1 heterocycles. The fourth-order valence-electron chi connectivity index (χ4n) is 4.67. The van der Waals surface area contributed by atoms with Gasteiger partial charge in [0.2, 0.25) is 0 Å². The number of pyridine rings is 1. The van der Waals surface area contributed by atoms with Gasteiger partial charge in [0, 0.05) is 11.8 Å². The lowest BCUT2D eigenvalue weighted by Crippen LogP contribution is -2.45. The van der Waals surface area contributed by atoms with Gasteiger partial charge < -0.3 is 19.9 Å². The van der Waals surface area contributed by atoms with E-state index in [2.05, 4.69) is 28.5 Å². The van der Waals surface area contributed by atoms with Crippen molar-refractivity contribution in [1.29, 1.82) is 0 Å². The Labute approximate surface area is 227 Å². The van der Waals surface area contributed by atoms with Crippen molar-refractivity contribution < 1.29 is 14.6 Å². The lowest BCUT2D eigenvalue weighted by molar-refractivity contribution is 0.0423. The number of fused-ring (bicyclic) bond motifs is 1. The topological polar surface area (TPSA) is 63.6 Å². The van der Waals surface area contributed by atoms with Crippen LogP contribution in [0, 0.1) is 0 Å². The van der Waals surface area contributed by atoms with Crippen LogP contribution in [-0.4, -0.2) is 29.3 Å². The molecule has 0 aliphatic carbocycles. The van der Waals surface area contributed by atoms with Gasteiger partial charge in [-0.2, -0.15) is 0 Å². The third-order valence-corrected chi connectivity index (χ3v) is 7.10. The molecule has 0 saturated carbocycles. The summed E-state index contributed by atoms with van der Waals surface area (Å²) in [7, 11) is 3.23. The number of thiocarbonyl (C=S) groups is 1. The van der Waals surface area contributed by atoms with Gasteiger partial charge in [0.05, 0.1) is 19.9 Å². The molecule has 0 bridgehead atoms. The molecular formula is C32H28N2O3S. The van der Waals surface area contributed by atoms with Crippen molar-refractivity contribution in [2.24, 2.45) is 0 Å². The van der Waals surface area contributed by atoms with E-state index < -0.39 is 11.6 Å². The van der Waals surface area contributed by atoms with Crippen molar-refractivity contribution in [3.63, 3.8) is 0 Å². The molecule has 38 heavy (non-hydrogen) atoms. The molecule has 5 nitrogen and oxygen atoms in total. The van der Waals surface area contributed by atoms with Crippen LogP contribution in [0.3, 0.4) is 0 Å². The second-order valence-corrected chi connectivity index (χ2v) is 9.35. The van der Waals surface area contributed by atoms with E-state index in [-0.39, 0.29) is 0 Å². The van der Waals surface area contributed by atoms with Crippen LogP contribution >= 0.6 is 12.2 Å². The van der Waals surface area contributed by atoms with Crippen LogP contribution in [0.4, 0.5) is 0 Å². The average Bonchev–Trinajstić information content (AvgIpc) is 2.99. The Kier molecular flexibility index (Phi) is 7.36. The Morgan fingerprint density at radius 3 is 1.89 bits per heavy atom. The molecule has 1 atom stereocenters. The largest absolute Gasteiger partial charge is 0.497 e. The summed E-state index contributed by atoms with van der Waals surface area (Å²) < 4.78 is 10.7. The van der Waals surface area contributed by atoms with Crippen molar-refractivity contribution in [2.75, 3.05) is 14.2 Å². The molecule has 1 aromatic heterocycles. The minimum Gasteiger partial charge on any atom is -0.497 e. The molecule has 0 fully saturated rings. The Morgan fingerprint density at radius 2 is 1.34 bits per heavy atom. The normalized spacial score (nSPS) is 12.1. The molecule has 0 amide bonds. The summed E-state index contributed by atoms with van der Waals surface area (Å²) in [5.41, 5.74) is 1.27. The van der Waals surface area contributed by atoms with Crippen molar-refractivity contribution in [3.05, 3.63) is 138 Å². The number of nitrogens with zero attached hydrogens (tertiary/aromatic N) is 1. The molecule has 5 rings (SSSR count). The molecule has 0 aliphatic rings. The van der Waals surface area contributed by atoms with Crippen LogP contribution < -0.4 is 14.8 Å². The van der Waals surface area contributed by atoms with E-state index in [1.165, 1.54) is 0 Å². The quantitative estimate of drug-likeness (QED) is 0.238. The first-order valence-electron chi connectivity index (χ1n) is 12.2. The lowest BCUT2D eigenvalue weighted by atomic mass is 9.78. The molecule has 0 aliphatic heterocycles. The van der Waals surface area contributed by atoms with E-state index in [9.17, 15) is 5.11 Å². The van der Waals surface area contributed by atoms with Crippen LogP contribution in [0.5, 0.6) is 11.5 Å². The highest BCUT2D eigenvalue weighted by molar-refractivity contribution is 7.80. The predicted molar refractivity (Wildman–Crippen MR) is 155 cm³/mol. The highest BCUT2D eigenvalue weighted by Gasteiger charge is 2.43. The zero-order chi connectivity index (χ0) is 26.5. The van der Waals surface area contributed by atoms with Gasteiger partial charge in [0.1, 0.15) is 28.1 Å². The third kappa shape index (κ3) is 4.96. The number of nitrogens with one attached hydrogen (secondary N) is 1. The van der Waals surface area contributed by atoms with Crippen LogP contribution in [0.15, 0.2) is 115 Å². The highest BCUT2D eigenvalue weighted by atomic mass is 32.1. The summed E-state index contributed by atoms with van der Waals surface area (Å²) in [5.74, 6) is 1.39. The summed E-state index contributed by atoms with van der Waals surface area (Å²) in [6, 6.07) is 33.9. The third-order valence-electron chi connectivity index (χ3n) is 6.75. The van der Waals surface area contributed by atoms with Crippen molar-refractivity contribution in [2.45, 2.75) is 11.6 Å². The van der Waals surface area contributed by atoms with E-state index in [1.807, 2.05) is 91.0 Å². The summed E-state index contributed by atoms with van der Waals surface area (Å²) in [6.45, 7) is 0. The Hall–Kier alpha value is -4.26. The van der Waals surface area contributed by atoms with E-state index in [0.29, 0.717) is 33.3 Å². The van der Waals surface area contributed by atoms with Gasteiger partial charge in [-0.3, -0.25) is 4.98 Å². The maximum atomic E-state index is 12.7. The molecular weight excluding hydrogens is 492 g/mol. The Bertz CT molecular complexity index is 1490. The number of aromatic nitrogens is 1. The zero-order valence-electron chi connectivity index (χ0n) is 21.2. The predicted octanol–water partition coefficient (Wildman–Crippen LogP) is 6.19. The first kappa shape index (κ1) is 25.4. The van der Waals surface area contributed by atoms with Gasteiger partial charge in [-0.15, -0.1) is 0 Å². The Balaban J connectivity index is 1.64. The number of benzene rings is 4. The number of rotatable bonds is 8. The van der Waals surface area contributed by atoms with Gasteiger partial charge in [-0.05, 0) is 64.4 Å². The number of ether oxygens (including phenoxy) is 2. The van der Waals surface area contributed by atoms with Crippen LogP contribution in [0.25, 0.3) is 10.8 Å². The monoisotopic (exact) mass is 520 g/mol. The smallest absolute Gasteiger partial charge is 0.140 e. The van der Waals surface area contributed by atoms with Gasteiger partial charge in [0.25, 0.3) is 0 Å². The molecule has 0 saturated heterocycles. The van der Waals surface area contributed by atoms with Crippen LogP contribution in [0.2, 0.25) is 0 Å². The second-order valence-electron chi connectivity index (χ2n) is 8.95. The second kappa shape index (κ2) is 11.0. The average molecular weight is 521 g/mol. The van der Waals surface area contributed by atoms with Crippen molar-refractivity contribution in [3.8, 4) is 11.5 Å². The minimum atomic E-state index is -1.55. The minimum absolute atomic E-state index is 0.506.